The highest BCUT2D eigenvalue weighted by molar-refractivity contribution is 7.84. The predicted molar refractivity (Wildman–Crippen MR) is 159 cm³/mol. The zero-order chi connectivity index (χ0) is 34.7. The molecule has 2 amide bonds. The largest absolute Gasteiger partial charge is 0.489 e. The molecule has 47 heavy (non-hydrogen) atoms. The molecule has 2 aliphatic rings. The van der Waals surface area contributed by atoms with Crippen LogP contribution in [0.1, 0.15) is 35.9 Å². The minimum absolute atomic E-state index is 0.0256. The number of nitrogens with one attached hydrogen (secondary N) is 2. The van der Waals surface area contributed by atoms with Gasteiger partial charge in [-0.3, -0.25) is 19.1 Å². The zero-order valence-corrected chi connectivity index (χ0v) is 25.9. The Hall–Kier alpha value is -4.54. The number of aliphatic imine (C=N–C) groups is 1. The molecule has 1 aromatic carbocycles. The number of carbonyl (C=O) groups is 3. The van der Waals surface area contributed by atoms with Crippen LogP contribution in [0.2, 0.25) is 0 Å². The molecule has 0 saturated carbocycles. The van der Waals surface area contributed by atoms with Gasteiger partial charge in [-0.05, 0) is 50.6 Å². The number of piperidine rings is 1. The van der Waals surface area contributed by atoms with Gasteiger partial charge in [0.15, 0.2) is 10.8 Å². The second-order valence-electron chi connectivity index (χ2n) is 10.3. The molecule has 256 valence electrons. The summed E-state index contributed by atoms with van der Waals surface area (Å²) in [5, 5.41) is 17.6. The molecule has 17 nitrogen and oxygen atoms in total. The summed E-state index contributed by atoms with van der Waals surface area (Å²) < 4.78 is 78.7. The number of nitrogens with two attached hydrogens (primary N) is 2. The van der Waals surface area contributed by atoms with Crippen LogP contribution in [0.3, 0.4) is 0 Å². The number of nitrogen functional groups attached to an aromatic ring is 1. The molecule has 4 rings (SSSR count). The Morgan fingerprint density at radius 2 is 1.98 bits per heavy atom. The Bertz CT molecular complexity index is 1680. The molecule has 3 heterocycles. The van der Waals surface area contributed by atoms with Crippen LogP contribution in [0.15, 0.2) is 34.4 Å². The van der Waals surface area contributed by atoms with Gasteiger partial charge in [-0.25, -0.2) is 14.1 Å². The number of carbonyl (C=O) groups excluding carboxylic acids is 2. The van der Waals surface area contributed by atoms with E-state index in [1.54, 1.807) is 12.1 Å². The first-order valence-electron chi connectivity index (χ1n) is 13.7. The number of amidine groups is 1. The number of hydrogen-bond donors (Lipinski definition) is 6. The molecule has 0 bridgehead atoms. The maximum absolute atomic E-state index is 13.8. The Morgan fingerprint density at radius 1 is 1.30 bits per heavy atom. The van der Waals surface area contributed by atoms with E-state index in [4.69, 9.17) is 25.6 Å². The number of oxime groups is 1. The fourth-order valence-electron chi connectivity index (χ4n) is 4.57. The molecule has 2 aliphatic heterocycles. The quantitative estimate of drug-likeness (QED) is 0.0558. The highest BCUT2D eigenvalue weighted by Crippen LogP contribution is 2.38. The minimum Gasteiger partial charge on any atom is -0.489 e. The van der Waals surface area contributed by atoms with Crippen LogP contribution >= 0.6 is 11.3 Å². The van der Waals surface area contributed by atoms with Crippen molar-refractivity contribution >= 4 is 56.1 Å². The van der Waals surface area contributed by atoms with Crippen molar-refractivity contribution in [2.75, 3.05) is 25.4 Å². The van der Waals surface area contributed by atoms with Gasteiger partial charge in [0.1, 0.15) is 34.8 Å². The van der Waals surface area contributed by atoms with Gasteiger partial charge in [0.25, 0.3) is 17.9 Å². The molecule has 0 aliphatic carbocycles. The van der Waals surface area contributed by atoms with E-state index in [-0.39, 0.29) is 27.4 Å². The van der Waals surface area contributed by atoms with E-state index in [0.29, 0.717) is 17.9 Å². The van der Waals surface area contributed by atoms with Crippen LogP contribution in [0, 0.1) is 0 Å². The second-order valence-corrected chi connectivity index (χ2v) is 12.6. The average Bonchev–Trinajstić information content (AvgIpc) is 3.39. The summed E-state index contributed by atoms with van der Waals surface area (Å²) in [6.45, 7) is 1.99. The second kappa shape index (κ2) is 14.1. The fourth-order valence-corrected chi connectivity index (χ4v) is 6.15. The topological polar surface area (TPSA) is 261 Å². The number of carboxylic acid groups (broad SMARTS) is 1. The first-order chi connectivity index (χ1) is 22.0. The zero-order valence-electron chi connectivity index (χ0n) is 24.3. The van der Waals surface area contributed by atoms with Crippen LogP contribution in [0.25, 0.3) is 0 Å². The number of carboxylic acids is 1. The van der Waals surface area contributed by atoms with Gasteiger partial charge < -0.3 is 36.8 Å². The number of thiazole rings is 1. The SMILES string of the molecule is C[C@H]1[C@H](NC(=O)C(=NOC(COc2ccc(C(N)=NC3CCCNC3)cc2)C(=O)O)c2nc(N)sc2C(F)(F)F)C(=O)N1S(=O)(=O)O. The maximum atomic E-state index is 13.8. The molecule has 2 unspecified atom stereocenters. The van der Waals surface area contributed by atoms with Crippen LogP contribution in [-0.2, 0) is 35.7 Å². The summed E-state index contributed by atoms with van der Waals surface area (Å²) in [4.78, 5) is 48.7. The van der Waals surface area contributed by atoms with Gasteiger partial charge in [0, 0.05) is 12.1 Å². The molecule has 2 aromatic rings. The van der Waals surface area contributed by atoms with Crippen molar-refractivity contribution in [2.24, 2.45) is 15.9 Å². The number of rotatable bonds is 12. The standard InChI is InChI=1S/C25H29F3N8O9S2/c1-11-16(22(38)36(11)47(41,42)43)33-21(37)18(17-19(25(26,27)28)46-24(30)34-17)35-45-15(23(39)40)10-44-14-6-4-12(5-7-14)20(29)32-13-3-2-8-31-9-13/h4-7,11,13,15-16,31H,2-3,8-10H2,1H3,(H2,29,32)(H2,30,34)(H,33,37)(H,39,40)(H,41,42,43)/t11-,13?,15?,16-/m0/s1. The van der Waals surface area contributed by atoms with Crippen molar-refractivity contribution in [3.63, 3.8) is 0 Å². The van der Waals surface area contributed by atoms with Crippen LogP contribution in [0.5, 0.6) is 5.75 Å². The Labute approximate surface area is 268 Å². The van der Waals surface area contributed by atoms with Crippen molar-refractivity contribution in [3.8, 4) is 5.75 Å². The van der Waals surface area contributed by atoms with Gasteiger partial charge in [-0.15, -0.1) is 0 Å². The van der Waals surface area contributed by atoms with Crippen LogP contribution in [0.4, 0.5) is 18.3 Å². The molecule has 4 atom stereocenters. The Morgan fingerprint density at radius 3 is 2.53 bits per heavy atom. The number of benzene rings is 1. The van der Waals surface area contributed by atoms with E-state index >= 15 is 0 Å². The lowest BCUT2D eigenvalue weighted by atomic mass is 10.0. The third kappa shape index (κ3) is 8.44. The third-order valence-corrected chi connectivity index (χ3v) is 8.84. The van der Waals surface area contributed by atoms with Gasteiger partial charge in [0.2, 0.25) is 0 Å². The van der Waals surface area contributed by atoms with E-state index in [1.165, 1.54) is 12.1 Å². The molecule has 8 N–H and O–H groups in total. The van der Waals surface area contributed by atoms with Gasteiger partial charge in [0.05, 0.1) is 12.1 Å². The van der Waals surface area contributed by atoms with Gasteiger partial charge in [-0.2, -0.15) is 21.6 Å². The number of hydrogen-bond acceptors (Lipinski definition) is 13. The average molecular weight is 707 g/mol. The number of ether oxygens (including phenoxy) is 1. The number of alkyl halides is 3. The molecule has 2 saturated heterocycles. The van der Waals surface area contributed by atoms with Crippen molar-refractivity contribution in [3.05, 3.63) is 40.4 Å². The van der Waals surface area contributed by atoms with Crippen molar-refractivity contribution in [2.45, 2.75) is 50.2 Å². The normalized spacial score (nSPS) is 21.5. The van der Waals surface area contributed by atoms with Crippen LogP contribution < -0.4 is 26.8 Å². The minimum atomic E-state index is -5.10. The molecular weight excluding hydrogens is 677 g/mol. The Balaban J connectivity index is 1.52. The predicted octanol–water partition coefficient (Wildman–Crippen LogP) is -0.0274. The molecule has 1 aromatic heterocycles. The first kappa shape index (κ1) is 35.3. The lowest BCUT2D eigenvalue weighted by Crippen LogP contribution is -2.71. The summed E-state index contributed by atoms with van der Waals surface area (Å²) in [5.41, 5.74) is 9.75. The lowest BCUT2D eigenvalue weighted by Gasteiger charge is -2.42. The number of nitrogens with zero attached hydrogens (tertiary/aromatic N) is 4. The number of β-lactam (4-membered cyclic amide) rings is 1. The number of halogens is 3. The number of anilines is 1. The molecule has 0 spiro atoms. The summed E-state index contributed by atoms with van der Waals surface area (Å²) >= 11 is -0.0525. The van der Waals surface area contributed by atoms with Crippen molar-refractivity contribution in [1.82, 2.24) is 19.9 Å². The van der Waals surface area contributed by atoms with E-state index in [1.807, 2.05) is 5.32 Å². The smallest absolute Gasteiger partial charge is 0.427 e. The molecule has 2 fully saturated rings. The summed E-state index contributed by atoms with van der Waals surface area (Å²) in [7, 11) is -4.99. The summed E-state index contributed by atoms with van der Waals surface area (Å²) in [6, 6.07) is 3.16. The number of amides is 2. The number of aliphatic carboxylic acids is 1. The summed E-state index contributed by atoms with van der Waals surface area (Å²) in [5.74, 6) is -4.05. The lowest BCUT2D eigenvalue weighted by molar-refractivity contribution is -0.152. The van der Waals surface area contributed by atoms with E-state index < -0.39 is 80.5 Å². The molecular formula is C25H29F3N8O9S2. The van der Waals surface area contributed by atoms with Crippen LogP contribution in [-0.4, -0.2) is 101 Å². The summed E-state index contributed by atoms with van der Waals surface area (Å²) in [6.07, 6.45) is -5.23. The van der Waals surface area contributed by atoms with E-state index in [2.05, 4.69) is 20.4 Å². The maximum Gasteiger partial charge on any atom is 0.427 e. The molecule has 0 radical (unpaired) electrons. The number of aromatic nitrogens is 1. The van der Waals surface area contributed by atoms with E-state index in [9.17, 15) is 41.1 Å². The molecule has 22 heteroatoms. The van der Waals surface area contributed by atoms with Gasteiger partial charge in [-0.1, -0.05) is 16.5 Å². The Kier molecular flexibility index (Phi) is 10.6. The van der Waals surface area contributed by atoms with Crippen molar-refractivity contribution < 1.29 is 55.2 Å². The highest BCUT2D eigenvalue weighted by atomic mass is 32.2. The third-order valence-electron chi connectivity index (χ3n) is 6.90. The first-order valence-corrected chi connectivity index (χ1v) is 15.9. The monoisotopic (exact) mass is 706 g/mol. The van der Waals surface area contributed by atoms with Gasteiger partial charge >= 0.3 is 22.4 Å². The van der Waals surface area contributed by atoms with Crippen molar-refractivity contribution in [1.29, 1.82) is 0 Å². The highest BCUT2D eigenvalue weighted by Gasteiger charge is 2.52. The van der Waals surface area contributed by atoms with E-state index in [0.717, 1.165) is 26.3 Å². The fraction of sp³-hybridized carbons (Fsp3) is 0.440.